The molecule has 1 heterocycles. The Balaban J connectivity index is 1.13. The minimum atomic E-state index is -0.592. The molecule has 0 aliphatic heterocycles. The third-order valence-electron chi connectivity index (χ3n) is 14.7. The van der Waals surface area contributed by atoms with E-state index in [1.165, 1.54) is 88.6 Å². The predicted octanol–water partition coefficient (Wildman–Crippen LogP) is 16.6. The van der Waals surface area contributed by atoms with Gasteiger partial charge in [0.05, 0.1) is 22.1 Å². The Hall–Kier alpha value is -8.20. The van der Waals surface area contributed by atoms with Crippen molar-refractivity contribution in [3.63, 3.8) is 0 Å². The van der Waals surface area contributed by atoms with E-state index in [0.717, 1.165) is 22.7 Å². The van der Waals surface area contributed by atoms with Crippen LogP contribution in [0.25, 0.3) is 60.9 Å². The van der Waals surface area contributed by atoms with E-state index in [1.54, 1.807) is 0 Å². The molecule has 0 amide bonds. The standard InChI is InChI=1S/C64H46N2/c1-63(2)55-30-17-15-28-50(55)51-38-35-48(41-57(51)63)65(49-36-39-53-52-29-16-18-32-59(52)66(61(53)42-49)47-26-13-6-14-27-47)60-33-19-31-56-62(60)54-37-34-44(43-20-7-3-8-21-43)40-58(54)64(56,45-22-9-4-10-23-45)46-24-11-5-12-25-46/h3-42H,1-2H3. The summed E-state index contributed by atoms with van der Waals surface area (Å²) in [4.78, 5) is 2.55. The maximum atomic E-state index is 2.55. The van der Waals surface area contributed by atoms with E-state index < -0.39 is 5.41 Å². The average Bonchev–Trinajstić information content (AvgIpc) is 3.96. The van der Waals surface area contributed by atoms with E-state index in [-0.39, 0.29) is 5.41 Å². The maximum absolute atomic E-state index is 2.55. The number of benzene rings is 10. The maximum Gasteiger partial charge on any atom is 0.0714 e. The van der Waals surface area contributed by atoms with E-state index in [1.807, 2.05) is 0 Å². The summed E-state index contributed by atoms with van der Waals surface area (Å²) in [5, 5.41) is 2.47. The molecule has 2 aliphatic carbocycles. The molecule has 0 radical (unpaired) electrons. The lowest BCUT2D eigenvalue weighted by atomic mass is 9.67. The van der Waals surface area contributed by atoms with Gasteiger partial charge in [-0.1, -0.05) is 202 Å². The van der Waals surface area contributed by atoms with E-state index in [4.69, 9.17) is 0 Å². The molecule has 2 nitrogen and oxygen atoms in total. The van der Waals surface area contributed by atoms with Gasteiger partial charge < -0.3 is 9.47 Å². The first-order chi connectivity index (χ1) is 32.5. The van der Waals surface area contributed by atoms with E-state index in [0.29, 0.717) is 0 Å². The summed E-state index contributed by atoms with van der Waals surface area (Å²) in [6, 6.07) is 90.2. The highest BCUT2D eigenvalue weighted by Gasteiger charge is 2.48. The van der Waals surface area contributed by atoms with Gasteiger partial charge in [-0.2, -0.15) is 0 Å². The molecule has 0 spiro atoms. The molecule has 0 N–H and O–H groups in total. The molecule has 2 heteroatoms. The Morgan fingerprint density at radius 3 is 1.70 bits per heavy atom. The van der Waals surface area contributed by atoms with Crippen molar-refractivity contribution in [3.8, 4) is 39.1 Å². The molecule has 0 bridgehead atoms. The van der Waals surface area contributed by atoms with Crippen LogP contribution in [0.4, 0.5) is 17.1 Å². The van der Waals surface area contributed by atoms with Crippen molar-refractivity contribution in [2.24, 2.45) is 0 Å². The third-order valence-corrected chi connectivity index (χ3v) is 14.7. The highest BCUT2D eigenvalue weighted by Crippen LogP contribution is 2.61. The summed E-state index contributed by atoms with van der Waals surface area (Å²) in [5.41, 5.74) is 21.4. The van der Waals surface area contributed by atoms with Crippen LogP contribution in [0.2, 0.25) is 0 Å². The fourth-order valence-corrected chi connectivity index (χ4v) is 11.7. The Morgan fingerprint density at radius 2 is 0.939 bits per heavy atom. The second-order valence-electron chi connectivity index (χ2n) is 18.4. The molecule has 13 rings (SSSR count). The molecule has 0 saturated heterocycles. The second kappa shape index (κ2) is 14.7. The number of hydrogen-bond donors (Lipinski definition) is 0. The Kier molecular flexibility index (Phi) is 8.51. The highest BCUT2D eigenvalue weighted by molar-refractivity contribution is 6.11. The summed E-state index contributed by atoms with van der Waals surface area (Å²) >= 11 is 0. The molecule has 0 saturated carbocycles. The van der Waals surface area contributed by atoms with Crippen molar-refractivity contribution in [3.05, 3.63) is 276 Å². The largest absolute Gasteiger partial charge is 0.310 e. The summed E-state index contributed by atoms with van der Waals surface area (Å²) in [6.45, 7) is 4.76. The smallest absolute Gasteiger partial charge is 0.0714 e. The van der Waals surface area contributed by atoms with Gasteiger partial charge in [0.25, 0.3) is 0 Å². The van der Waals surface area contributed by atoms with E-state index >= 15 is 0 Å². The monoisotopic (exact) mass is 842 g/mol. The summed E-state index contributed by atoms with van der Waals surface area (Å²) < 4.78 is 2.43. The first kappa shape index (κ1) is 38.3. The van der Waals surface area contributed by atoms with Crippen molar-refractivity contribution < 1.29 is 0 Å². The van der Waals surface area contributed by atoms with Crippen LogP contribution in [0.5, 0.6) is 0 Å². The van der Waals surface area contributed by atoms with E-state index in [9.17, 15) is 0 Å². The second-order valence-corrected chi connectivity index (χ2v) is 18.4. The average molecular weight is 843 g/mol. The van der Waals surface area contributed by atoms with Gasteiger partial charge in [0.2, 0.25) is 0 Å². The van der Waals surface area contributed by atoms with Gasteiger partial charge in [-0.05, 0) is 116 Å². The van der Waals surface area contributed by atoms with Crippen molar-refractivity contribution in [2.45, 2.75) is 24.7 Å². The Morgan fingerprint density at radius 1 is 0.364 bits per heavy atom. The minimum absolute atomic E-state index is 0.174. The molecule has 312 valence electrons. The van der Waals surface area contributed by atoms with Crippen LogP contribution >= 0.6 is 0 Å². The van der Waals surface area contributed by atoms with Gasteiger partial charge in [0, 0.05) is 38.8 Å². The molecule has 10 aromatic carbocycles. The number of aromatic nitrogens is 1. The molecule has 0 unspecified atom stereocenters. The fourth-order valence-electron chi connectivity index (χ4n) is 11.7. The Labute approximate surface area is 386 Å². The van der Waals surface area contributed by atoms with Gasteiger partial charge in [0.1, 0.15) is 0 Å². The summed E-state index contributed by atoms with van der Waals surface area (Å²) in [5.74, 6) is 0. The number of rotatable bonds is 7. The zero-order valence-corrected chi connectivity index (χ0v) is 37.0. The topological polar surface area (TPSA) is 8.17 Å². The van der Waals surface area contributed by atoms with E-state index in [2.05, 4.69) is 266 Å². The molecule has 1 aromatic heterocycles. The van der Waals surface area contributed by atoms with Gasteiger partial charge in [-0.3, -0.25) is 0 Å². The lowest BCUT2D eigenvalue weighted by Gasteiger charge is -2.35. The summed E-state index contributed by atoms with van der Waals surface area (Å²) in [7, 11) is 0. The van der Waals surface area contributed by atoms with Crippen LogP contribution in [0.1, 0.15) is 47.2 Å². The lowest BCUT2D eigenvalue weighted by Crippen LogP contribution is -2.28. The number of nitrogens with zero attached hydrogens (tertiary/aromatic N) is 2. The minimum Gasteiger partial charge on any atom is -0.310 e. The Bertz CT molecular complexity index is 3620. The highest BCUT2D eigenvalue weighted by atomic mass is 15.1. The fraction of sp³-hybridized carbons (Fsp3) is 0.0625. The van der Waals surface area contributed by atoms with Gasteiger partial charge in [-0.15, -0.1) is 0 Å². The van der Waals surface area contributed by atoms with Crippen LogP contribution < -0.4 is 4.90 Å². The normalized spacial score (nSPS) is 13.8. The number of para-hydroxylation sites is 2. The first-order valence-electron chi connectivity index (χ1n) is 23.1. The van der Waals surface area contributed by atoms with Crippen molar-refractivity contribution in [1.29, 1.82) is 0 Å². The summed E-state index contributed by atoms with van der Waals surface area (Å²) in [6.07, 6.45) is 0. The molecular weight excluding hydrogens is 797 g/mol. The molecule has 0 fully saturated rings. The van der Waals surface area contributed by atoms with Crippen LogP contribution in [0, 0.1) is 0 Å². The quantitative estimate of drug-likeness (QED) is 0.155. The molecular formula is C64H46N2. The molecule has 0 atom stereocenters. The number of anilines is 3. The van der Waals surface area contributed by atoms with Gasteiger partial charge in [-0.25, -0.2) is 0 Å². The van der Waals surface area contributed by atoms with Crippen LogP contribution in [0.15, 0.2) is 243 Å². The molecule has 66 heavy (non-hydrogen) atoms. The third kappa shape index (κ3) is 5.48. The van der Waals surface area contributed by atoms with Crippen LogP contribution in [-0.4, -0.2) is 4.57 Å². The van der Waals surface area contributed by atoms with Crippen LogP contribution in [0.3, 0.4) is 0 Å². The van der Waals surface area contributed by atoms with Crippen LogP contribution in [-0.2, 0) is 10.8 Å². The number of fused-ring (bicyclic) bond motifs is 9. The number of hydrogen-bond acceptors (Lipinski definition) is 1. The van der Waals surface area contributed by atoms with Crippen molar-refractivity contribution in [2.75, 3.05) is 4.90 Å². The zero-order valence-electron chi connectivity index (χ0n) is 37.0. The first-order valence-corrected chi connectivity index (χ1v) is 23.1. The van der Waals surface area contributed by atoms with Crippen molar-refractivity contribution in [1.82, 2.24) is 4.57 Å². The van der Waals surface area contributed by atoms with Gasteiger partial charge >= 0.3 is 0 Å². The lowest BCUT2D eigenvalue weighted by molar-refractivity contribution is 0.660. The van der Waals surface area contributed by atoms with Crippen molar-refractivity contribution >= 4 is 38.9 Å². The predicted molar refractivity (Wildman–Crippen MR) is 276 cm³/mol. The molecule has 11 aromatic rings. The zero-order chi connectivity index (χ0) is 44.0. The SMILES string of the molecule is CC1(C)c2ccccc2-c2ccc(N(c3ccc4c5ccccc5n(-c5ccccc5)c4c3)c3cccc4c3-c3ccc(-c5ccccc5)cc3C4(c3ccccc3)c3ccccc3)cc21. The molecule has 2 aliphatic rings. The van der Waals surface area contributed by atoms with Gasteiger partial charge in [0.15, 0.2) is 0 Å².